The molecule has 0 saturated carbocycles. The quantitative estimate of drug-likeness (QED) is 0.728. The van der Waals surface area contributed by atoms with E-state index in [-0.39, 0.29) is 12.5 Å². The molecule has 1 aliphatic rings. The van der Waals surface area contributed by atoms with Crippen LogP contribution in [0.2, 0.25) is 0 Å². The summed E-state index contributed by atoms with van der Waals surface area (Å²) in [6.07, 6.45) is 1.95. The molecule has 1 fully saturated rings. The van der Waals surface area contributed by atoms with Gasteiger partial charge in [0, 0.05) is 33.2 Å². The lowest BCUT2D eigenvalue weighted by molar-refractivity contribution is -0.130. The van der Waals surface area contributed by atoms with Crippen molar-refractivity contribution < 1.29 is 13.2 Å². The van der Waals surface area contributed by atoms with Gasteiger partial charge < -0.3 is 4.90 Å². The lowest BCUT2D eigenvalue weighted by Crippen LogP contribution is -2.49. The third-order valence-corrected chi connectivity index (χ3v) is 5.72. The highest BCUT2D eigenvalue weighted by atomic mass is 32.2. The second kappa shape index (κ2) is 7.38. The fourth-order valence-corrected chi connectivity index (χ4v) is 3.97. The van der Waals surface area contributed by atoms with Crippen molar-refractivity contribution in [2.45, 2.75) is 33.6 Å². The van der Waals surface area contributed by atoms with Gasteiger partial charge in [0.25, 0.3) is 10.2 Å². The summed E-state index contributed by atoms with van der Waals surface area (Å²) in [7, 11) is -2.04. The van der Waals surface area contributed by atoms with E-state index < -0.39 is 10.2 Å². The Morgan fingerprint density at radius 2 is 1.90 bits per heavy atom. The monoisotopic (exact) mass is 305 g/mol. The molecule has 20 heavy (non-hydrogen) atoms. The van der Waals surface area contributed by atoms with Crippen LogP contribution in [0.3, 0.4) is 0 Å². The van der Waals surface area contributed by atoms with Crippen molar-refractivity contribution in [3.8, 4) is 0 Å². The van der Waals surface area contributed by atoms with Crippen LogP contribution in [-0.2, 0) is 15.0 Å². The molecule has 1 aliphatic heterocycles. The second-order valence-corrected chi connectivity index (χ2v) is 7.47. The first-order chi connectivity index (χ1) is 9.32. The van der Waals surface area contributed by atoms with Crippen molar-refractivity contribution in [3.63, 3.8) is 0 Å². The Bertz CT molecular complexity index is 421. The van der Waals surface area contributed by atoms with Gasteiger partial charge in [0.05, 0.1) is 6.54 Å². The summed E-state index contributed by atoms with van der Waals surface area (Å²) < 4.78 is 27.6. The van der Waals surface area contributed by atoms with E-state index in [4.69, 9.17) is 0 Å². The number of nitrogens with zero attached hydrogens (tertiary/aromatic N) is 3. The van der Waals surface area contributed by atoms with Crippen LogP contribution in [0.1, 0.15) is 33.6 Å². The predicted molar refractivity (Wildman–Crippen MR) is 79.4 cm³/mol. The van der Waals surface area contributed by atoms with Crippen LogP contribution < -0.4 is 0 Å². The van der Waals surface area contributed by atoms with E-state index >= 15 is 0 Å². The summed E-state index contributed by atoms with van der Waals surface area (Å²) in [6.45, 7) is 8.05. The first kappa shape index (κ1) is 17.4. The highest BCUT2D eigenvalue weighted by Crippen LogP contribution is 2.19. The molecule has 0 N–H and O–H groups in total. The Hall–Kier alpha value is -0.660. The predicted octanol–water partition coefficient (Wildman–Crippen LogP) is 0.763. The molecule has 0 aromatic rings. The third-order valence-electron chi connectivity index (χ3n) is 3.81. The van der Waals surface area contributed by atoms with E-state index in [2.05, 4.69) is 6.92 Å². The number of rotatable bonds is 6. The van der Waals surface area contributed by atoms with Gasteiger partial charge in [-0.15, -0.1) is 0 Å². The maximum Gasteiger partial charge on any atom is 0.282 e. The number of hydrogen-bond acceptors (Lipinski definition) is 3. The second-order valence-electron chi connectivity index (χ2n) is 5.44. The van der Waals surface area contributed by atoms with Crippen LogP contribution in [0.15, 0.2) is 0 Å². The summed E-state index contributed by atoms with van der Waals surface area (Å²) in [5.41, 5.74) is 0. The van der Waals surface area contributed by atoms with Crippen molar-refractivity contribution in [2.24, 2.45) is 5.92 Å². The van der Waals surface area contributed by atoms with Crippen LogP contribution in [0.25, 0.3) is 0 Å². The van der Waals surface area contributed by atoms with Crippen molar-refractivity contribution in [2.75, 3.05) is 39.8 Å². The zero-order chi connectivity index (χ0) is 15.3. The number of carbonyl (C=O) groups excluding carboxylic acids is 1. The average Bonchev–Trinajstić information content (AvgIpc) is 2.40. The van der Waals surface area contributed by atoms with Crippen molar-refractivity contribution in [1.29, 1.82) is 0 Å². The van der Waals surface area contributed by atoms with Crippen molar-refractivity contribution in [1.82, 2.24) is 13.5 Å². The molecule has 0 aromatic carbocycles. The number of likely N-dealkylation sites (N-methyl/N-ethyl adjacent to an activating group) is 2. The summed E-state index contributed by atoms with van der Waals surface area (Å²) in [5, 5.41) is 0. The molecule has 6 nitrogen and oxygen atoms in total. The molecular formula is C13H27N3O3S. The normalized spacial score (nSPS) is 21.1. The van der Waals surface area contributed by atoms with Crippen LogP contribution >= 0.6 is 0 Å². The smallest absolute Gasteiger partial charge is 0.282 e. The topological polar surface area (TPSA) is 60.9 Å². The van der Waals surface area contributed by atoms with Gasteiger partial charge in [-0.05, 0) is 32.6 Å². The van der Waals surface area contributed by atoms with E-state index in [9.17, 15) is 13.2 Å². The molecule has 118 valence electrons. The number of amides is 1. The molecule has 1 saturated heterocycles. The first-order valence-corrected chi connectivity index (χ1v) is 8.71. The van der Waals surface area contributed by atoms with E-state index in [1.807, 2.05) is 13.8 Å². The Morgan fingerprint density at radius 1 is 1.30 bits per heavy atom. The lowest BCUT2D eigenvalue weighted by atomic mass is 10.0. The van der Waals surface area contributed by atoms with Gasteiger partial charge in [0.2, 0.25) is 5.91 Å². The fraction of sp³-hybridized carbons (Fsp3) is 0.923. The van der Waals surface area contributed by atoms with Gasteiger partial charge in [-0.1, -0.05) is 6.92 Å². The zero-order valence-corrected chi connectivity index (χ0v) is 13.8. The highest BCUT2D eigenvalue weighted by Gasteiger charge is 2.31. The largest absolute Gasteiger partial charge is 0.342 e. The van der Waals surface area contributed by atoms with Gasteiger partial charge in [-0.2, -0.15) is 17.0 Å². The average molecular weight is 305 g/mol. The van der Waals surface area contributed by atoms with Gasteiger partial charge >= 0.3 is 0 Å². The summed E-state index contributed by atoms with van der Waals surface area (Å²) >= 11 is 0. The summed E-state index contributed by atoms with van der Waals surface area (Å²) in [6, 6.07) is 0. The third kappa shape index (κ3) is 4.17. The Kier molecular flexibility index (Phi) is 6.42. The van der Waals surface area contributed by atoms with E-state index in [1.165, 1.54) is 15.7 Å². The summed E-state index contributed by atoms with van der Waals surface area (Å²) in [5.74, 6) is 0.233. The van der Waals surface area contributed by atoms with Crippen LogP contribution in [0.5, 0.6) is 0 Å². The van der Waals surface area contributed by atoms with Crippen LogP contribution in [-0.4, -0.2) is 67.6 Å². The SMILES string of the molecule is CCN(CC)C(=O)CN(C)S(=O)(=O)N1CCC[C@@H](C)C1. The minimum absolute atomic E-state index is 0.0884. The maximum absolute atomic E-state index is 12.4. The standard InChI is InChI=1S/C13H27N3O3S/c1-5-15(6-2)13(17)11-14(4)20(18,19)16-9-7-8-12(3)10-16/h12H,5-11H2,1-4H3/t12-/m1/s1. The molecule has 0 aromatic heterocycles. The van der Waals surface area contributed by atoms with Crippen LogP contribution in [0.4, 0.5) is 0 Å². The van der Waals surface area contributed by atoms with E-state index in [1.54, 1.807) is 4.90 Å². The first-order valence-electron chi connectivity index (χ1n) is 7.32. The molecule has 0 unspecified atom stereocenters. The number of hydrogen-bond donors (Lipinski definition) is 0. The van der Waals surface area contributed by atoms with Gasteiger partial charge in [0.1, 0.15) is 0 Å². The Morgan fingerprint density at radius 3 is 2.40 bits per heavy atom. The minimum Gasteiger partial charge on any atom is -0.342 e. The van der Waals surface area contributed by atoms with Gasteiger partial charge in [-0.3, -0.25) is 4.79 Å². The molecule has 1 atom stereocenters. The maximum atomic E-state index is 12.4. The zero-order valence-electron chi connectivity index (χ0n) is 13.0. The molecule has 0 aliphatic carbocycles. The molecule has 0 bridgehead atoms. The highest BCUT2D eigenvalue weighted by molar-refractivity contribution is 7.86. The van der Waals surface area contributed by atoms with Gasteiger partial charge in [-0.25, -0.2) is 0 Å². The van der Waals surface area contributed by atoms with Crippen LogP contribution in [0, 0.1) is 5.92 Å². The molecule has 0 spiro atoms. The van der Waals surface area contributed by atoms with E-state index in [0.717, 1.165) is 12.8 Å². The molecule has 1 heterocycles. The summed E-state index contributed by atoms with van der Waals surface area (Å²) in [4.78, 5) is 13.7. The minimum atomic E-state index is -3.52. The number of piperidine rings is 1. The van der Waals surface area contributed by atoms with Crippen molar-refractivity contribution >= 4 is 16.1 Å². The fourth-order valence-electron chi connectivity index (χ4n) is 2.50. The molecule has 1 rings (SSSR count). The molecule has 0 radical (unpaired) electrons. The molecular weight excluding hydrogens is 278 g/mol. The molecule has 7 heteroatoms. The Labute approximate surface area is 122 Å². The number of carbonyl (C=O) groups is 1. The Balaban J connectivity index is 2.69. The van der Waals surface area contributed by atoms with Gasteiger partial charge in [0.15, 0.2) is 0 Å². The van der Waals surface area contributed by atoms with Crippen molar-refractivity contribution in [3.05, 3.63) is 0 Å². The molecule has 1 amide bonds. The lowest BCUT2D eigenvalue weighted by Gasteiger charge is -2.33. The van der Waals surface area contributed by atoms with E-state index in [0.29, 0.717) is 32.1 Å².